The number of para-hydroxylation sites is 1. The van der Waals surface area contributed by atoms with Gasteiger partial charge in [-0.1, -0.05) is 13.0 Å². The molecule has 1 aromatic carbocycles. The van der Waals surface area contributed by atoms with Gasteiger partial charge in [0, 0.05) is 26.2 Å². The maximum Gasteiger partial charge on any atom is 0.239 e. The first-order valence-corrected chi connectivity index (χ1v) is 8.04. The Morgan fingerprint density at radius 3 is 2.17 bits per heavy atom. The Morgan fingerprint density at radius 2 is 1.67 bits per heavy atom. The number of halogens is 2. The number of hydrogen-bond acceptors (Lipinski definition) is 3. The Kier molecular flexibility index (Phi) is 5.54. The lowest BCUT2D eigenvalue weighted by atomic mass is 9.89. The Morgan fingerprint density at radius 1 is 1.12 bits per heavy atom. The number of rotatable bonds is 4. The van der Waals surface area contributed by atoms with Gasteiger partial charge >= 0.3 is 0 Å². The molecule has 5 nitrogen and oxygen atoms in total. The summed E-state index contributed by atoms with van der Waals surface area (Å²) in [6.45, 7) is 8.49. The normalized spacial score (nSPS) is 16.1. The van der Waals surface area contributed by atoms with Crippen molar-refractivity contribution in [2.45, 2.75) is 20.8 Å². The monoisotopic (exact) mass is 339 g/mol. The number of amides is 2. The van der Waals surface area contributed by atoms with Gasteiger partial charge in [-0.3, -0.25) is 9.59 Å². The predicted molar refractivity (Wildman–Crippen MR) is 87.5 cm³/mol. The van der Waals surface area contributed by atoms with Crippen molar-refractivity contribution in [3.05, 3.63) is 29.8 Å². The minimum atomic E-state index is -1.41. The van der Waals surface area contributed by atoms with Crippen molar-refractivity contribution < 1.29 is 18.4 Å². The highest BCUT2D eigenvalue weighted by molar-refractivity contribution is 6.09. The predicted octanol–water partition coefficient (Wildman–Crippen LogP) is 2.09. The second kappa shape index (κ2) is 7.25. The molecule has 1 aromatic rings. The minimum Gasteiger partial charge on any atom is -0.339 e. The summed E-state index contributed by atoms with van der Waals surface area (Å²) in [5.74, 6) is -2.81. The highest BCUT2D eigenvalue weighted by Crippen LogP contribution is 2.25. The van der Waals surface area contributed by atoms with Crippen LogP contribution in [0.1, 0.15) is 20.8 Å². The van der Waals surface area contributed by atoms with Gasteiger partial charge in [-0.25, -0.2) is 8.78 Å². The fourth-order valence-electron chi connectivity index (χ4n) is 2.65. The SMILES string of the molecule is CCN1CCN(C(=O)C(C)(C)C(=O)Nc2c(F)cccc2F)CC1. The highest BCUT2D eigenvalue weighted by Gasteiger charge is 2.40. The lowest BCUT2D eigenvalue weighted by Crippen LogP contribution is -2.54. The van der Waals surface area contributed by atoms with E-state index >= 15 is 0 Å². The average molecular weight is 339 g/mol. The number of anilines is 1. The van der Waals surface area contributed by atoms with Crippen molar-refractivity contribution in [3.8, 4) is 0 Å². The van der Waals surface area contributed by atoms with Crippen LogP contribution in [-0.2, 0) is 9.59 Å². The highest BCUT2D eigenvalue weighted by atomic mass is 19.1. The maximum atomic E-state index is 13.7. The second-order valence-electron chi connectivity index (χ2n) is 6.40. The second-order valence-corrected chi connectivity index (χ2v) is 6.40. The molecule has 2 rings (SSSR count). The molecular formula is C17H23F2N3O2. The molecule has 0 spiro atoms. The van der Waals surface area contributed by atoms with E-state index in [9.17, 15) is 18.4 Å². The van der Waals surface area contributed by atoms with E-state index in [0.29, 0.717) is 13.1 Å². The molecule has 1 N–H and O–H groups in total. The molecule has 7 heteroatoms. The van der Waals surface area contributed by atoms with Gasteiger partial charge in [0.25, 0.3) is 0 Å². The van der Waals surface area contributed by atoms with Gasteiger partial charge in [0.1, 0.15) is 22.7 Å². The van der Waals surface area contributed by atoms with Gasteiger partial charge in [-0.15, -0.1) is 0 Å². The van der Waals surface area contributed by atoms with Crippen LogP contribution in [0.15, 0.2) is 18.2 Å². The minimum absolute atomic E-state index is 0.340. The van der Waals surface area contributed by atoms with Crippen LogP contribution in [0.2, 0.25) is 0 Å². The third kappa shape index (κ3) is 3.72. The van der Waals surface area contributed by atoms with E-state index in [2.05, 4.69) is 17.1 Å². The Bertz CT molecular complexity index is 606. The standard InChI is InChI=1S/C17H23F2N3O2/c1-4-21-8-10-22(11-9-21)16(24)17(2,3)15(23)20-14-12(18)6-5-7-13(14)19/h5-7H,4,8-11H2,1-3H3,(H,20,23). The van der Waals surface area contributed by atoms with Crippen molar-refractivity contribution >= 4 is 17.5 Å². The topological polar surface area (TPSA) is 52.7 Å². The van der Waals surface area contributed by atoms with E-state index in [0.717, 1.165) is 31.8 Å². The van der Waals surface area contributed by atoms with Crippen LogP contribution in [0.3, 0.4) is 0 Å². The molecule has 0 unspecified atom stereocenters. The van der Waals surface area contributed by atoms with Crippen LogP contribution in [-0.4, -0.2) is 54.3 Å². The Hall–Kier alpha value is -2.02. The summed E-state index contributed by atoms with van der Waals surface area (Å²) in [4.78, 5) is 29.0. The summed E-state index contributed by atoms with van der Waals surface area (Å²) in [5, 5.41) is 2.21. The molecular weight excluding hydrogens is 316 g/mol. The molecule has 0 radical (unpaired) electrons. The average Bonchev–Trinajstić information content (AvgIpc) is 2.57. The van der Waals surface area contributed by atoms with E-state index in [4.69, 9.17) is 0 Å². The van der Waals surface area contributed by atoms with Gasteiger partial charge in [-0.05, 0) is 32.5 Å². The number of benzene rings is 1. The summed E-state index contributed by atoms with van der Waals surface area (Å²) in [7, 11) is 0. The molecule has 0 aromatic heterocycles. The molecule has 0 saturated carbocycles. The summed E-state index contributed by atoms with van der Waals surface area (Å²) in [6.07, 6.45) is 0. The van der Waals surface area contributed by atoms with Crippen LogP contribution in [0.25, 0.3) is 0 Å². The summed E-state index contributed by atoms with van der Waals surface area (Å²) in [5.41, 5.74) is -1.94. The molecule has 0 atom stereocenters. The van der Waals surface area contributed by atoms with Gasteiger partial charge in [0.15, 0.2) is 0 Å². The largest absolute Gasteiger partial charge is 0.339 e. The number of likely N-dealkylation sites (N-methyl/N-ethyl adjacent to an activating group) is 1. The molecule has 1 saturated heterocycles. The summed E-state index contributed by atoms with van der Waals surface area (Å²) in [6, 6.07) is 3.32. The van der Waals surface area contributed by atoms with E-state index in [1.54, 1.807) is 4.90 Å². The van der Waals surface area contributed by atoms with Crippen LogP contribution in [0, 0.1) is 17.0 Å². The molecule has 0 aliphatic carbocycles. The van der Waals surface area contributed by atoms with Crippen LogP contribution in [0.5, 0.6) is 0 Å². The molecule has 24 heavy (non-hydrogen) atoms. The van der Waals surface area contributed by atoms with Crippen molar-refractivity contribution in [1.29, 1.82) is 0 Å². The molecule has 132 valence electrons. The van der Waals surface area contributed by atoms with Crippen LogP contribution >= 0.6 is 0 Å². The van der Waals surface area contributed by atoms with E-state index in [1.165, 1.54) is 19.9 Å². The molecule has 0 bridgehead atoms. The number of carbonyl (C=O) groups is 2. The zero-order valence-electron chi connectivity index (χ0n) is 14.2. The maximum absolute atomic E-state index is 13.7. The van der Waals surface area contributed by atoms with Gasteiger partial charge < -0.3 is 15.1 Å². The first-order valence-electron chi connectivity index (χ1n) is 8.04. The van der Waals surface area contributed by atoms with E-state index < -0.39 is 28.6 Å². The lowest BCUT2D eigenvalue weighted by molar-refractivity contribution is -0.147. The van der Waals surface area contributed by atoms with Crippen molar-refractivity contribution in [3.63, 3.8) is 0 Å². The first-order chi connectivity index (χ1) is 11.3. The number of hydrogen-bond donors (Lipinski definition) is 1. The first kappa shape index (κ1) is 18.3. The number of nitrogens with one attached hydrogen (secondary N) is 1. The lowest BCUT2D eigenvalue weighted by Gasteiger charge is -2.37. The third-order valence-corrected chi connectivity index (χ3v) is 4.41. The van der Waals surface area contributed by atoms with E-state index in [-0.39, 0.29) is 5.91 Å². The molecule has 1 aliphatic heterocycles. The van der Waals surface area contributed by atoms with Crippen molar-refractivity contribution in [2.75, 3.05) is 38.0 Å². The van der Waals surface area contributed by atoms with Crippen LogP contribution in [0.4, 0.5) is 14.5 Å². The van der Waals surface area contributed by atoms with E-state index in [1.807, 2.05) is 0 Å². The molecule has 2 amide bonds. The Balaban J connectivity index is 2.08. The molecule has 1 aliphatic rings. The van der Waals surface area contributed by atoms with Crippen molar-refractivity contribution in [2.24, 2.45) is 5.41 Å². The fourth-order valence-corrected chi connectivity index (χ4v) is 2.65. The van der Waals surface area contributed by atoms with Gasteiger partial charge in [-0.2, -0.15) is 0 Å². The smallest absolute Gasteiger partial charge is 0.239 e. The number of nitrogens with zero attached hydrogens (tertiary/aromatic N) is 2. The Labute approximate surface area is 140 Å². The fraction of sp³-hybridized carbons (Fsp3) is 0.529. The number of piperazine rings is 1. The quantitative estimate of drug-likeness (QED) is 0.855. The van der Waals surface area contributed by atoms with Crippen LogP contribution < -0.4 is 5.32 Å². The number of carbonyl (C=O) groups excluding carboxylic acids is 2. The zero-order chi connectivity index (χ0) is 17.9. The molecule has 1 fully saturated rings. The van der Waals surface area contributed by atoms with Crippen molar-refractivity contribution in [1.82, 2.24) is 9.80 Å². The van der Waals surface area contributed by atoms with Gasteiger partial charge in [0.05, 0.1) is 0 Å². The molecule has 1 heterocycles. The third-order valence-electron chi connectivity index (χ3n) is 4.41. The van der Waals surface area contributed by atoms with Gasteiger partial charge in [0.2, 0.25) is 11.8 Å². The summed E-state index contributed by atoms with van der Waals surface area (Å²) < 4.78 is 27.4. The zero-order valence-corrected chi connectivity index (χ0v) is 14.2. The summed E-state index contributed by atoms with van der Waals surface area (Å²) >= 11 is 0.